The minimum atomic E-state index is 0.333. The minimum Gasteiger partial charge on any atom is -0.306 e. The number of nitrogens with one attached hydrogen (secondary N) is 1. The molecule has 0 radical (unpaired) electrons. The zero-order valence-electron chi connectivity index (χ0n) is 12.7. The second-order valence-electron chi connectivity index (χ2n) is 6.09. The predicted molar refractivity (Wildman–Crippen MR) is 87.6 cm³/mol. The Morgan fingerprint density at radius 2 is 2.05 bits per heavy atom. The molecule has 4 nitrogen and oxygen atoms in total. The molecular weight excluding hydrogens is 272 g/mol. The van der Waals surface area contributed by atoms with Crippen molar-refractivity contribution >= 4 is 10.8 Å². The Kier molecular flexibility index (Phi) is 3.39. The van der Waals surface area contributed by atoms with Gasteiger partial charge in [0.2, 0.25) is 0 Å². The van der Waals surface area contributed by atoms with E-state index in [0.717, 1.165) is 25.2 Å². The Labute approximate surface area is 130 Å². The van der Waals surface area contributed by atoms with Gasteiger partial charge in [-0.3, -0.25) is 0 Å². The van der Waals surface area contributed by atoms with E-state index in [-0.39, 0.29) is 0 Å². The largest absolute Gasteiger partial charge is 0.306 e. The van der Waals surface area contributed by atoms with Gasteiger partial charge in [0.1, 0.15) is 12.2 Å². The van der Waals surface area contributed by atoms with Crippen LogP contribution in [-0.4, -0.2) is 20.8 Å². The van der Waals surface area contributed by atoms with Crippen molar-refractivity contribution in [3.63, 3.8) is 0 Å². The van der Waals surface area contributed by atoms with Crippen LogP contribution < -0.4 is 5.32 Å². The Balaban J connectivity index is 1.50. The fourth-order valence-electron chi connectivity index (χ4n) is 3.30. The monoisotopic (exact) mass is 292 g/mol. The van der Waals surface area contributed by atoms with Crippen LogP contribution in [0.25, 0.3) is 10.8 Å². The minimum absolute atomic E-state index is 0.333. The van der Waals surface area contributed by atoms with Crippen LogP contribution >= 0.6 is 0 Å². The van der Waals surface area contributed by atoms with Crippen LogP contribution in [0, 0.1) is 0 Å². The van der Waals surface area contributed by atoms with Crippen LogP contribution in [0.2, 0.25) is 0 Å². The maximum Gasteiger partial charge on any atom is 0.138 e. The third kappa shape index (κ3) is 2.50. The highest BCUT2D eigenvalue weighted by molar-refractivity contribution is 5.83. The summed E-state index contributed by atoms with van der Waals surface area (Å²) in [7, 11) is 0. The molecule has 0 unspecified atom stereocenters. The van der Waals surface area contributed by atoms with E-state index in [1.165, 1.54) is 16.3 Å². The van der Waals surface area contributed by atoms with Gasteiger partial charge in [0.25, 0.3) is 0 Å². The van der Waals surface area contributed by atoms with Crippen LogP contribution in [0.3, 0.4) is 0 Å². The molecule has 0 saturated heterocycles. The third-order valence-electron chi connectivity index (χ3n) is 4.56. The van der Waals surface area contributed by atoms with Crippen LogP contribution in [-0.2, 0) is 13.0 Å². The number of aromatic nitrogens is 3. The first kappa shape index (κ1) is 13.5. The summed E-state index contributed by atoms with van der Waals surface area (Å²) in [4.78, 5) is 4.29. The topological polar surface area (TPSA) is 42.7 Å². The molecule has 22 heavy (non-hydrogen) atoms. The fraction of sp³-hybridized carbons (Fsp3) is 0.333. The van der Waals surface area contributed by atoms with Crippen LogP contribution in [0.15, 0.2) is 48.8 Å². The van der Waals surface area contributed by atoms with E-state index in [1.807, 2.05) is 4.68 Å². The number of nitrogens with zero attached hydrogens (tertiary/aromatic N) is 3. The Bertz CT molecular complexity index is 792. The molecule has 2 heterocycles. The summed E-state index contributed by atoms with van der Waals surface area (Å²) in [5.74, 6) is 1.11. The highest BCUT2D eigenvalue weighted by Gasteiger charge is 2.21. The molecule has 1 aliphatic rings. The van der Waals surface area contributed by atoms with Gasteiger partial charge in [0.05, 0.1) is 6.54 Å². The first-order valence-electron chi connectivity index (χ1n) is 7.91. The smallest absolute Gasteiger partial charge is 0.138 e. The quantitative estimate of drug-likeness (QED) is 0.806. The summed E-state index contributed by atoms with van der Waals surface area (Å²) in [5, 5.41) is 10.6. The SMILES string of the molecule is C[C@@H](N[C@@H]1CCc2ncnn2C1)c1ccc2ccccc2c1. The molecular formula is C18H20N4. The Morgan fingerprint density at radius 1 is 1.18 bits per heavy atom. The molecule has 3 aromatic rings. The highest BCUT2D eigenvalue weighted by atomic mass is 15.3. The van der Waals surface area contributed by atoms with Gasteiger partial charge in [-0.1, -0.05) is 36.4 Å². The Hall–Kier alpha value is -2.20. The molecule has 0 saturated carbocycles. The molecule has 1 aromatic heterocycles. The van der Waals surface area contributed by atoms with E-state index in [9.17, 15) is 0 Å². The average Bonchev–Trinajstić information content (AvgIpc) is 3.02. The van der Waals surface area contributed by atoms with E-state index < -0.39 is 0 Å². The number of rotatable bonds is 3. The van der Waals surface area contributed by atoms with Gasteiger partial charge >= 0.3 is 0 Å². The third-order valence-corrected chi connectivity index (χ3v) is 4.56. The predicted octanol–water partition coefficient (Wildman–Crippen LogP) is 3.10. The van der Waals surface area contributed by atoms with Crippen molar-refractivity contribution < 1.29 is 0 Å². The molecule has 2 atom stereocenters. The van der Waals surface area contributed by atoms with E-state index in [1.54, 1.807) is 6.33 Å². The summed E-state index contributed by atoms with van der Waals surface area (Å²) in [5.41, 5.74) is 1.34. The summed E-state index contributed by atoms with van der Waals surface area (Å²) < 4.78 is 2.02. The first-order valence-corrected chi connectivity index (χ1v) is 7.91. The summed E-state index contributed by atoms with van der Waals surface area (Å²) >= 11 is 0. The molecule has 4 heteroatoms. The molecule has 0 fully saturated rings. The van der Waals surface area contributed by atoms with Crippen molar-refractivity contribution in [2.75, 3.05) is 0 Å². The van der Waals surface area contributed by atoms with Crippen LogP contribution in [0.1, 0.15) is 30.8 Å². The van der Waals surface area contributed by atoms with Crippen molar-refractivity contribution in [1.82, 2.24) is 20.1 Å². The number of aryl methyl sites for hydroxylation is 1. The number of benzene rings is 2. The van der Waals surface area contributed by atoms with Gasteiger partial charge in [-0.2, -0.15) is 5.10 Å². The second kappa shape index (κ2) is 5.54. The molecule has 0 bridgehead atoms. The molecule has 0 spiro atoms. The van der Waals surface area contributed by atoms with Crippen molar-refractivity contribution in [1.29, 1.82) is 0 Å². The average molecular weight is 292 g/mol. The van der Waals surface area contributed by atoms with Gasteiger partial charge in [-0.15, -0.1) is 0 Å². The number of hydrogen-bond acceptors (Lipinski definition) is 3. The summed E-state index contributed by atoms with van der Waals surface area (Å²) in [6, 6.07) is 16.0. The first-order chi connectivity index (χ1) is 10.8. The van der Waals surface area contributed by atoms with Crippen LogP contribution in [0.4, 0.5) is 0 Å². The Morgan fingerprint density at radius 3 is 2.95 bits per heavy atom. The molecule has 112 valence electrons. The van der Waals surface area contributed by atoms with E-state index in [0.29, 0.717) is 12.1 Å². The lowest BCUT2D eigenvalue weighted by atomic mass is 10.0. The zero-order valence-corrected chi connectivity index (χ0v) is 12.7. The lowest BCUT2D eigenvalue weighted by molar-refractivity contribution is 0.335. The maximum atomic E-state index is 4.29. The lowest BCUT2D eigenvalue weighted by Crippen LogP contribution is -2.39. The molecule has 0 amide bonds. The molecule has 4 rings (SSSR count). The highest BCUT2D eigenvalue weighted by Crippen LogP contribution is 2.22. The van der Waals surface area contributed by atoms with Crippen LogP contribution in [0.5, 0.6) is 0 Å². The van der Waals surface area contributed by atoms with Crippen molar-refractivity contribution in [3.8, 4) is 0 Å². The van der Waals surface area contributed by atoms with Gasteiger partial charge in [0, 0.05) is 18.5 Å². The fourth-order valence-corrected chi connectivity index (χ4v) is 3.30. The molecule has 1 N–H and O–H groups in total. The lowest BCUT2D eigenvalue weighted by Gasteiger charge is -2.27. The van der Waals surface area contributed by atoms with Crippen molar-refractivity contribution in [2.45, 2.75) is 38.4 Å². The maximum absolute atomic E-state index is 4.29. The van der Waals surface area contributed by atoms with Gasteiger partial charge in [0.15, 0.2) is 0 Å². The van der Waals surface area contributed by atoms with Gasteiger partial charge < -0.3 is 5.32 Å². The van der Waals surface area contributed by atoms with E-state index in [2.05, 4.69) is 64.8 Å². The zero-order chi connectivity index (χ0) is 14.9. The molecule has 0 aliphatic carbocycles. The van der Waals surface area contributed by atoms with Gasteiger partial charge in [-0.25, -0.2) is 9.67 Å². The number of hydrogen-bond donors (Lipinski definition) is 1. The molecule has 2 aromatic carbocycles. The second-order valence-corrected chi connectivity index (χ2v) is 6.09. The normalized spacial score (nSPS) is 19.0. The summed E-state index contributed by atoms with van der Waals surface area (Å²) in [6.45, 7) is 3.15. The van der Waals surface area contributed by atoms with Gasteiger partial charge in [-0.05, 0) is 35.7 Å². The molecule has 1 aliphatic heterocycles. The van der Waals surface area contributed by atoms with Crippen molar-refractivity contribution in [2.24, 2.45) is 0 Å². The van der Waals surface area contributed by atoms with E-state index >= 15 is 0 Å². The number of fused-ring (bicyclic) bond motifs is 2. The van der Waals surface area contributed by atoms with E-state index in [4.69, 9.17) is 0 Å². The van der Waals surface area contributed by atoms with Crippen molar-refractivity contribution in [3.05, 3.63) is 60.2 Å². The summed E-state index contributed by atoms with van der Waals surface area (Å²) in [6.07, 6.45) is 3.78. The standard InChI is InChI=1S/C18H20N4/c1-13(15-7-6-14-4-2-3-5-16(14)10-15)21-17-8-9-18-19-12-20-22(18)11-17/h2-7,10,12-13,17,21H,8-9,11H2,1H3/t13-,17-/m1/s1.